The van der Waals surface area contributed by atoms with E-state index in [0.29, 0.717) is 55.9 Å². The first kappa shape index (κ1) is 26.8. The topological polar surface area (TPSA) is 88.0 Å². The summed E-state index contributed by atoms with van der Waals surface area (Å²) >= 11 is 12.5. The van der Waals surface area contributed by atoms with E-state index < -0.39 is 10.0 Å². The highest BCUT2D eigenvalue weighted by Gasteiger charge is 2.39. The van der Waals surface area contributed by atoms with Crippen LogP contribution in [0.15, 0.2) is 61.2 Å². The monoisotopic (exact) mass is 577 g/mol. The van der Waals surface area contributed by atoms with Gasteiger partial charge in [0.05, 0.1) is 29.2 Å². The van der Waals surface area contributed by atoms with Crippen molar-refractivity contribution in [3.63, 3.8) is 0 Å². The zero-order chi connectivity index (χ0) is 26.9. The largest absolute Gasteiger partial charge is 0.493 e. The lowest BCUT2D eigenvalue weighted by Gasteiger charge is -2.35. The molecular weight excluding hydrogens is 549 g/mol. The fraction of sp³-hybridized carbons (Fsp3) is 0.385. The maximum atomic E-state index is 13.4. The van der Waals surface area contributed by atoms with Gasteiger partial charge in [-0.1, -0.05) is 29.3 Å². The molecule has 5 rings (SSSR count). The molecule has 0 bridgehead atoms. The molecule has 2 aliphatic rings. The first-order valence-corrected chi connectivity index (χ1v) is 14.9. The van der Waals surface area contributed by atoms with E-state index in [0.717, 1.165) is 17.0 Å². The summed E-state index contributed by atoms with van der Waals surface area (Å²) in [7, 11) is -3.27. The molecule has 0 spiro atoms. The first-order valence-electron chi connectivity index (χ1n) is 12.3. The number of aromatic nitrogens is 2. The molecule has 0 saturated carbocycles. The number of sulfonamides is 1. The Balaban J connectivity index is 1.28. The molecular formula is C26H29Cl2N5O4S. The molecule has 2 fully saturated rings. The minimum absolute atomic E-state index is 0.0104. The van der Waals surface area contributed by atoms with Crippen LogP contribution >= 0.6 is 23.2 Å². The third kappa shape index (κ3) is 5.93. The number of amides is 2. The van der Waals surface area contributed by atoms with Crippen molar-refractivity contribution in [1.82, 2.24) is 23.7 Å². The molecule has 2 amide bonds. The molecule has 0 radical (unpaired) electrons. The minimum Gasteiger partial charge on any atom is -0.493 e. The number of hydrogen-bond donors (Lipinski definition) is 0. The average Bonchev–Trinajstić information content (AvgIpc) is 3.59. The lowest BCUT2D eigenvalue weighted by molar-refractivity contribution is 0.139. The Bertz CT molecular complexity index is 1380. The van der Waals surface area contributed by atoms with Gasteiger partial charge in [0, 0.05) is 69.2 Å². The highest BCUT2D eigenvalue weighted by molar-refractivity contribution is 7.88. The molecule has 2 aromatic carbocycles. The molecule has 3 heterocycles. The van der Waals surface area contributed by atoms with E-state index in [-0.39, 0.29) is 17.9 Å². The van der Waals surface area contributed by atoms with E-state index in [2.05, 4.69) is 4.98 Å². The number of hydrogen-bond acceptors (Lipinski definition) is 5. The highest BCUT2D eigenvalue weighted by atomic mass is 35.5. The third-order valence-corrected chi connectivity index (χ3v) is 9.21. The molecule has 0 aliphatic carbocycles. The highest BCUT2D eigenvalue weighted by Crippen LogP contribution is 2.36. The smallest absolute Gasteiger partial charge is 0.320 e. The van der Waals surface area contributed by atoms with Crippen molar-refractivity contribution in [2.75, 3.05) is 52.1 Å². The Morgan fingerprint density at radius 2 is 1.74 bits per heavy atom. The summed E-state index contributed by atoms with van der Waals surface area (Å²) in [6.45, 7) is 2.78. The first-order chi connectivity index (χ1) is 18.2. The number of halogens is 2. The van der Waals surface area contributed by atoms with Gasteiger partial charge in [-0.2, -0.15) is 4.31 Å². The standard InChI is InChI=1S/C26H29Cl2N5O4S/c1-38(35,36)33-12-10-30(11-13-33)26(34)32-15-20(23(16-32)19-2-7-24(27)25(28)14-19)17-37-22-5-3-21(4-6-22)31-9-8-29-18-31/h2-9,14,18,20,23H,10-13,15-17H2,1H3/t20-,23-/m0/s1. The van der Waals surface area contributed by atoms with Gasteiger partial charge in [0.15, 0.2) is 0 Å². The Kier molecular flexibility index (Phi) is 7.85. The molecule has 1 aromatic heterocycles. The molecule has 3 aromatic rings. The van der Waals surface area contributed by atoms with E-state index in [1.165, 1.54) is 10.6 Å². The number of rotatable bonds is 6. The molecule has 202 valence electrons. The van der Waals surface area contributed by atoms with Gasteiger partial charge < -0.3 is 19.1 Å². The van der Waals surface area contributed by atoms with E-state index in [1.54, 1.807) is 23.5 Å². The van der Waals surface area contributed by atoms with Gasteiger partial charge in [0.2, 0.25) is 10.0 Å². The van der Waals surface area contributed by atoms with Crippen molar-refractivity contribution in [2.45, 2.75) is 5.92 Å². The van der Waals surface area contributed by atoms with Crippen LogP contribution in [0.2, 0.25) is 10.0 Å². The van der Waals surface area contributed by atoms with Gasteiger partial charge in [-0.05, 0) is 42.0 Å². The van der Waals surface area contributed by atoms with Crippen LogP contribution in [0.25, 0.3) is 5.69 Å². The van der Waals surface area contributed by atoms with Gasteiger partial charge in [0.1, 0.15) is 5.75 Å². The molecule has 9 nitrogen and oxygen atoms in total. The number of carbonyl (C=O) groups excluding carboxylic acids is 1. The second-order valence-electron chi connectivity index (χ2n) is 9.65. The predicted octanol–water partition coefficient (Wildman–Crippen LogP) is 3.97. The normalized spacial score (nSPS) is 20.6. The number of urea groups is 1. The summed E-state index contributed by atoms with van der Waals surface area (Å²) in [4.78, 5) is 21.1. The minimum atomic E-state index is -3.27. The number of imidazole rings is 1. The predicted molar refractivity (Wildman–Crippen MR) is 147 cm³/mol. The SMILES string of the molecule is CS(=O)(=O)N1CCN(C(=O)N2C[C@@H](COc3ccc(-n4ccnc4)cc3)[C@H](c3ccc(Cl)c(Cl)c3)C2)CC1. The zero-order valence-electron chi connectivity index (χ0n) is 20.9. The van der Waals surface area contributed by atoms with Crippen LogP contribution in [0, 0.1) is 5.92 Å². The Labute approximate surface area is 232 Å². The van der Waals surface area contributed by atoms with Crippen molar-refractivity contribution in [2.24, 2.45) is 5.92 Å². The van der Waals surface area contributed by atoms with E-state index in [4.69, 9.17) is 27.9 Å². The van der Waals surface area contributed by atoms with E-state index in [1.807, 2.05) is 52.1 Å². The van der Waals surface area contributed by atoms with Crippen molar-refractivity contribution < 1.29 is 17.9 Å². The van der Waals surface area contributed by atoms with Gasteiger partial charge in [-0.25, -0.2) is 18.2 Å². The molecule has 2 atom stereocenters. The summed E-state index contributed by atoms with van der Waals surface area (Å²) in [5, 5.41) is 0.955. The van der Waals surface area contributed by atoms with Crippen LogP contribution in [-0.4, -0.2) is 90.2 Å². The van der Waals surface area contributed by atoms with Gasteiger partial charge in [0.25, 0.3) is 0 Å². The van der Waals surface area contributed by atoms with Crippen LogP contribution in [0.1, 0.15) is 11.5 Å². The van der Waals surface area contributed by atoms with Crippen LogP contribution < -0.4 is 4.74 Å². The Hall–Kier alpha value is -2.79. The number of carbonyl (C=O) groups is 1. The van der Waals surface area contributed by atoms with E-state index in [9.17, 15) is 13.2 Å². The number of ether oxygens (including phenoxy) is 1. The van der Waals surface area contributed by atoms with Crippen LogP contribution in [-0.2, 0) is 10.0 Å². The number of piperazine rings is 1. The Morgan fingerprint density at radius 1 is 1.00 bits per heavy atom. The van der Waals surface area contributed by atoms with E-state index >= 15 is 0 Å². The van der Waals surface area contributed by atoms with Crippen LogP contribution in [0.3, 0.4) is 0 Å². The lowest BCUT2D eigenvalue weighted by Crippen LogP contribution is -2.53. The maximum absolute atomic E-state index is 13.4. The molecule has 38 heavy (non-hydrogen) atoms. The Morgan fingerprint density at radius 3 is 2.37 bits per heavy atom. The molecule has 0 unspecified atom stereocenters. The average molecular weight is 579 g/mol. The maximum Gasteiger partial charge on any atom is 0.320 e. The summed E-state index contributed by atoms with van der Waals surface area (Å²) in [6.07, 6.45) is 6.54. The number of nitrogens with zero attached hydrogens (tertiary/aromatic N) is 5. The van der Waals surface area contributed by atoms with Crippen molar-refractivity contribution in [3.8, 4) is 11.4 Å². The van der Waals surface area contributed by atoms with Gasteiger partial charge >= 0.3 is 6.03 Å². The van der Waals surface area contributed by atoms with Gasteiger partial charge in [-0.3, -0.25) is 0 Å². The number of benzene rings is 2. The fourth-order valence-electron chi connectivity index (χ4n) is 5.06. The molecule has 2 aliphatic heterocycles. The van der Waals surface area contributed by atoms with Crippen molar-refractivity contribution >= 4 is 39.3 Å². The molecule has 0 N–H and O–H groups in total. The van der Waals surface area contributed by atoms with Gasteiger partial charge in [-0.15, -0.1) is 0 Å². The second kappa shape index (κ2) is 11.1. The zero-order valence-corrected chi connectivity index (χ0v) is 23.2. The quantitative estimate of drug-likeness (QED) is 0.442. The second-order valence-corrected chi connectivity index (χ2v) is 12.4. The summed E-state index contributed by atoms with van der Waals surface area (Å²) in [5.74, 6) is 0.779. The lowest BCUT2D eigenvalue weighted by atomic mass is 9.89. The van der Waals surface area contributed by atoms with Crippen LogP contribution in [0.5, 0.6) is 5.75 Å². The number of likely N-dealkylation sites (tertiary alicyclic amines) is 1. The molecule has 2 saturated heterocycles. The fourth-order valence-corrected chi connectivity index (χ4v) is 6.19. The third-order valence-electron chi connectivity index (χ3n) is 7.16. The van der Waals surface area contributed by atoms with Crippen LogP contribution in [0.4, 0.5) is 4.79 Å². The molecule has 12 heteroatoms. The summed E-state index contributed by atoms with van der Waals surface area (Å²) in [6, 6.07) is 13.3. The van der Waals surface area contributed by atoms with Crippen molar-refractivity contribution in [1.29, 1.82) is 0 Å². The summed E-state index contributed by atoms with van der Waals surface area (Å²) in [5.41, 5.74) is 1.98. The van der Waals surface area contributed by atoms with Crippen molar-refractivity contribution in [3.05, 3.63) is 76.8 Å². The summed E-state index contributed by atoms with van der Waals surface area (Å²) < 4.78 is 33.2.